The van der Waals surface area contributed by atoms with Crippen LogP contribution >= 0.6 is 0 Å². The number of piperidine rings is 2. The molecule has 2 N–H and O–H groups in total. The van der Waals surface area contributed by atoms with E-state index in [0.717, 1.165) is 43.3 Å². The average Bonchev–Trinajstić information content (AvgIpc) is 3.02. The van der Waals surface area contributed by atoms with Crippen LogP contribution in [-0.4, -0.2) is 59.8 Å². The predicted octanol–water partition coefficient (Wildman–Crippen LogP) is 1.35. The lowest BCUT2D eigenvalue weighted by Gasteiger charge is -2.47. The molecule has 0 amide bonds. The van der Waals surface area contributed by atoms with Crippen LogP contribution < -0.4 is 10.6 Å². The Labute approximate surface area is 144 Å². The summed E-state index contributed by atoms with van der Waals surface area (Å²) in [4.78, 5) is 11.3. The Balaban J connectivity index is 1.45. The maximum Gasteiger partial charge on any atom is 0.226 e. The van der Waals surface area contributed by atoms with Crippen LogP contribution in [0.25, 0.3) is 0 Å². The van der Waals surface area contributed by atoms with Crippen molar-refractivity contribution in [1.82, 2.24) is 25.7 Å². The fraction of sp³-hybridized carbons (Fsp3) is 0.824. The van der Waals surface area contributed by atoms with Crippen molar-refractivity contribution in [2.75, 3.05) is 20.6 Å². The quantitative estimate of drug-likeness (QED) is 0.625. The van der Waals surface area contributed by atoms with E-state index in [2.05, 4.69) is 37.7 Å². The molecule has 0 aliphatic carbocycles. The molecule has 2 saturated heterocycles. The number of aromatic nitrogens is 2. The Morgan fingerprint density at radius 1 is 1.33 bits per heavy atom. The number of nitrogens with one attached hydrogen (secondary N) is 2. The first-order chi connectivity index (χ1) is 11.7. The molecule has 0 spiro atoms. The smallest absolute Gasteiger partial charge is 0.226 e. The number of nitrogens with zero attached hydrogens (tertiary/aromatic N) is 4. The van der Waals surface area contributed by atoms with E-state index in [1.54, 1.807) is 0 Å². The standard InChI is InChI=1S/C17H30N6O/c1-4-16-21-15(22-24-16)8-9-19-17(18-2)20-12-10-13-6-5-7-14(11-12)23(13)3/h12-14H,4-11H2,1-3H3,(H2,18,19,20). The van der Waals surface area contributed by atoms with Crippen molar-refractivity contribution in [3.63, 3.8) is 0 Å². The summed E-state index contributed by atoms with van der Waals surface area (Å²) in [6.07, 6.45) is 7.97. The molecule has 134 valence electrons. The molecular weight excluding hydrogens is 304 g/mol. The Hall–Kier alpha value is -1.63. The maximum atomic E-state index is 5.13. The van der Waals surface area contributed by atoms with Gasteiger partial charge in [-0.05, 0) is 32.7 Å². The van der Waals surface area contributed by atoms with Gasteiger partial charge in [0.05, 0.1) is 0 Å². The molecule has 3 rings (SSSR count). The molecule has 1 aromatic heterocycles. The third kappa shape index (κ3) is 4.06. The highest BCUT2D eigenvalue weighted by Crippen LogP contribution is 2.32. The van der Waals surface area contributed by atoms with Gasteiger partial charge in [0.15, 0.2) is 11.8 Å². The predicted molar refractivity (Wildman–Crippen MR) is 94.1 cm³/mol. The number of aryl methyl sites for hydroxylation is 1. The van der Waals surface area contributed by atoms with Crippen LogP contribution in [-0.2, 0) is 12.8 Å². The molecule has 2 unspecified atom stereocenters. The zero-order chi connectivity index (χ0) is 16.9. The van der Waals surface area contributed by atoms with E-state index in [1.807, 2.05) is 14.0 Å². The lowest BCUT2D eigenvalue weighted by atomic mass is 9.82. The molecule has 3 heterocycles. The van der Waals surface area contributed by atoms with E-state index in [4.69, 9.17) is 4.52 Å². The minimum absolute atomic E-state index is 0.513. The highest BCUT2D eigenvalue weighted by atomic mass is 16.5. The summed E-state index contributed by atoms with van der Waals surface area (Å²) in [5.41, 5.74) is 0. The molecule has 0 aromatic carbocycles. The Kier molecular flexibility index (Phi) is 5.71. The number of guanidine groups is 1. The van der Waals surface area contributed by atoms with Crippen molar-refractivity contribution < 1.29 is 4.52 Å². The first-order valence-electron chi connectivity index (χ1n) is 9.20. The zero-order valence-corrected chi connectivity index (χ0v) is 15.1. The van der Waals surface area contributed by atoms with Gasteiger partial charge in [0.1, 0.15) is 0 Å². The van der Waals surface area contributed by atoms with Crippen molar-refractivity contribution in [3.8, 4) is 0 Å². The SMILES string of the molecule is CCc1nc(CCNC(=NC)NC2CC3CCCC(C2)N3C)no1. The molecule has 7 heteroatoms. The third-order valence-corrected chi connectivity index (χ3v) is 5.36. The summed E-state index contributed by atoms with van der Waals surface area (Å²) < 4.78 is 5.13. The van der Waals surface area contributed by atoms with Crippen LogP contribution in [0.3, 0.4) is 0 Å². The van der Waals surface area contributed by atoms with E-state index in [1.165, 1.54) is 32.1 Å². The Morgan fingerprint density at radius 2 is 2.08 bits per heavy atom. The number of hydrogen-bond donors (Lipinski definition) is 2. The molecular formula is C17H30N6O. The van der Waals surface area contributed by atoms with Gasteiger partial charge in [0, 0.05) is 44.6 Å². The van der Waals surface area contributed by atoms with Gasteiger partial charge >= 0.3 is 0 Å². The van der Waals surface area contributed by atoms with Crippen LogP contribution in [0, 0.1) is 0 Å². The summed E-state index contributed by atoms with van der Waals surface area (Å²) in [6, 6.07) is 1.96. The second-order valence-corrected chi connectivity index (χ2v) is 6.92. The first kappa shape index (κ1) is 17.2. The molecule has 1 aromatic rings. The average molecular weight is 334 g/mol. The van der Waals surface area contributed by atoms with E-state index in [0.29, 0.717) is 11.9 Å². The monoisotopic (exact) mass is 334 g/mol. The molecule has 24 heavy (non-hydrogen) atoms. The fourth-order valence-corrected chi connectivity index (χ4v) is 3.95. The van der Waals surface area contributed by atoms with Gasteiger partial charge < -0.3 is 20.1 Å². The summed E-state index contributed by atoms with van der Waals surface area (Å²) in [7, 11) is 4.11. The lowest BCUT2D eigenvalue weighted by Crippen LogP contribution is -2.56. The number of fused-ring (bicyclic) bond motifs is 2. The topological polar surface area (TPSA) is 78.6 Å². The zero-order valence-electron chi connectivity index (χ0n) is 15.1. The van der Waals surface area contributed by atoms with Crippen LogP contribution in [0.15, 0.2) is 9.52 Å². The number of hydrogen-bond acceptors (Lipinski definition) is 5. The van der Waals surface area contributed by atoms with Gasteiger partial charge in [-0.15, -0.1) is 0 Å². The lowest BCUT2D eigenvalue weighted by molar-refractivity contribution is 0.0526. The van der Waals surface area contributed by atoms with Crippen molar-refractivity contribution in [2.45, 2.75) is 70.0 Å². The van der Waals surface area contributed by atoms with Crippen LogP contribution in [0.1, 0.15) is 50.7 Å². The Morgan fingerprint density at radius 3 is 2.71 bits per heavy atom. The van der Waals surface area contributed by atoms with Crippen molar-refractivity contribution in [3.05, 3.63) is 11.7 Å². The van der Waals surface area contributed by atoms with E-state index in [-0.39, 0.29) is 0 Å². The van der Waals surface area contributed by atoms with Crippen molar-refractivity contribution >= 4 is 5.96 Å². The summed E-state index contributed by atoms with van der Waals surface area (Å²) in [5.74, 6) is 2.33. The summed E-state index contributed by atoms with van der Waals surface area (Å²) >= 11 is 0. The highest BCUT2D eigenvalue weighted by molar-refractivity contribution is 5.79. The largest absolute Gasteiger partial charge is 0.356 e. The molecule has 2 aliphatic heterocycles. The second-order valence-electron chi connectivity index (χ2n) is 6.92. The van der Waals surface area contributed by atoms with E-state index < -0.39 is 0 Å². The highest BCUT2D eigenvalue weighted by Gasteiger charge is 2.36. The molecule has 2 atom stereocenters. The fourth-order valence-electron chi connectivity index (χ4n) is 3.95. The molecule has 2 aliphatic rings. The molecule has 7 nitrogen and oxygen atoms in total. The van der Waals surface area contributed by atoms with Gasteiger partial charge in [-0.25, -0.2) is 0 Å². The summed E-state index contributed by atoms with van der Waals surface area (Å²) in [5, 5.41) is 11.0. The molecule has 0 saturated carbocycles. The van der Waals surface area contributed by atoms with Crippen molar-refractivity contribution in [2.24, 2.45) is 4.99 Å². The van der Waals surface area contributed by atoms with Gasteiger partial charge in [-0.1, -0.05) is 18.5 Å². The van der Waals surface area contributed by atoms with Crippen molar-refractivity contribution in [1.29, 1.82) is 0 Å². The maximum absolute atomic E-state index is 5.13. The van der Waals surface area contributed by atoms with Crippen LogP contribution in [0.4, 0.5) is 0 Å². The molecule has 0 radical (unpaired) electrons. The molecule has 2 bridgehead atoms. The Bertz CT molecular complexity index is 543. The van der Waals surface area contributed by atoms with Gasteiger partial charge in [0.25, 0.3) is 0 Å². The van der Waals surface area contributed by atoms with E-state index in [9.17, 15) is 0 Å². The third-order valence-electron chi connectivity index (χ3n) is 5.36. The van der Waals surface area contributed by atoms with Crippen LogP contribution in [0.5, 0.6) is 0 Å². The van der Waals surface area contributed by atoms with Gasteiger partial charge in [0.2, 0.25) is 5.89 Å². The summed E-state index contributed by atoms with van der Waals surface area (Å²) in [6.45, 7) is 2.76. The first-order valence-corrected chi connectivity index (χ1v) is 9.20. The van der Waals surface area contributed by atoms with Gasteiger partial charge in [-0.3, -0.25) is 4.99 Å². The normalized spacial score (nSPS) is 28.0. The second kappa shape index (κ2) is 7.96. The number of aliphatic imine (C=N–C) groups is 1. The number of rotatable bonds is 5. The minimum atomic E-state index is 0.513. The van der Waals surface area contributed by atoms with Gasteiger partial charge in [-0.2, -0.15) is 4.98 Å². The van der Waals surface area contributed by atoms with E-state index >= 15 is 0 Å². The van der Waals surface area contributed by atoms with Crippen LogP contribution in [0.2, 0.25) is 0 Å². The molecule has 2 fully saturated rings. The minimum Gasteiger partial charge on any atom is -0.356 e.